The van der Waals surface area contributed by atoms with Crippen molar-refractivity contribution >= 4 is 29.9 Å². The molecule has 0 radical (unpaired) electrons. The van der Waals surface area contributed by atoms with Gasteiger partial charge in [0.05, 0.1) is 0 Å². The smallest absolute Gasteiger partial charge is 0.191 e. The fourth-order valence-corrected chi connectivity index (χ4v) is 2.56. The van der Waals surface area contributed by atoms with Crippen LogP contribution in [0.4, 0.5) is 4.39 Å². The van der Waals surface area contributed by atoms with Crippen molar-refractivity contribution in [3.05, 3.63) is 35.6 Å². The van der Waals surface area contributed by atoms with Crippen LogP contribution in [0.15, 0.2) is 29.3 Å². The van der Waals surface area contributed by atoms with E-state index in [0.29, 0.717) is 0 Å². The first kappa shape index (κ1) is 23.1. The molecule has 0 aliphatic carbocycles. The van der Waals surface area contributed by atoms with Crippen molar-refractivity contribution in [1.82, 2.24) is 15.5 Å². The van der Waals surface area contributed by atoms with Gasteiger partial charge in [-0.25, -0.2) is 4.39 Å². The lowest BCUT2D eigenvalue weighted by Gasteiger charge is -2.26. The Balaban J connectivity index is 0.00000529. The van der Waals surface area contributed by atoms with E-state index in [2.05, 4.69) is 55.4 Å². The highest BCUT2D eigenvalue weighted by atomic mass is 127. The van der Waals surface area contributed by atoms with Crippen LogP contribution < -0.4 is 10.6 Å². The van der Waals surface area contributed by atoms with Gasteiger partial charge < -0.3 is 15.5 Å². The van der Waals surface area contributed by atoms with Crippen molar-refractivity contribution in [1.29, 1.82) is 0 Å². The summed E-state index contributed by atoms with van der Waals surface area (Å²) in [7, 11) is 4.15. The molecule has 6 heteroatoms. The van der Waals surface area contributed by atoms with Crippen LogP contribution in [-0.4, -0.2) is 51.1 Å². The number of halogens is 2. The second-order valence-corrected chi connectivity index (χ2v) is 6.90. The van der Waals surface area contributed by atoms with Gasteiger partial charge in [0.1, 0.15) is 5.82 Å². The van der Waals surface area contributed by atoms with Crippen LogP contribution in [0.2, 0.25) is 0 Å². The molecule has 0 saturated heterocycles. The van der Waals surface area contributed by atoms with E-state index in [9.17, 15) is 4.39 Å². The molecule has 1 aromatic carbocycles. The molecule has 0 saturated carbocycles. The fraction of sp³-hybridized carbons (Fsp3) is 0.611. The summed E-state index contributed by atoms with van der Waals surface area (Å²) in [5.74, 6) is 0.629. The molecule has 4 nitrogen and oxygen atoms in total. The Morgan fingerprint density at radius 3 is 2.54 bits per heavy atom. The van der Waals surface area contributed by atoms with Gasteiger partial charge in [0.2, 0.25) is 0 Å². The second-order valence-electron chi connectivity index (χ2n) is 6.90. The summed E-state index contributed by atoms with van der Waals surface area (Å²) in [5.41, 5.74) is 1.11. The summed E-state index contributed by atoms with van der Waals surface area (Å²) in [6, 6.07) is 6.73. The molecular formula is C18H32FIN4. The van der Waals surface area contributed by atoms with Gasteiger partial charge in [-0.15, -0.1) is 24.0 Å². The third kappa shape index (κ3) is 10.1. The Morgan fingerprint density at radius 2 is 1.96 bits per heavy atom. The third-order valence-corrected chi connectivity index (χ3v) is 3.35. The average Bonchev–Trinajstić information content (AvgIpc) is 2.43. The summed E-state index contributed by atoms with van der Waals surface area (Å²) in [5, 5.41) is 6.57. The molecule has 0 bridgehead atoms. The molecule has 0 spiro atoms. The Morgan fingerprint density at radius 1 is 1.25 bits per heavy atom. The topological polar surface area (TPSA) is 39.7 Å². The van der Waals surface area contributed by atoms with Gasteiger partial charge in [-0.1, -0.05) is 26.0 Å². The predicted octanol–water partition coefficient (Wildman–Crippen LogP) is 3.13. The summed E-state index contributed by atoms with van der Waals surface area (Å²) in [6.07, 6.45) is 0.767. The van der Waals surface area contributed by atoms with E-state index in [1.165, 1.54) is 6.07 Å². The van der Waals surface area contributed by atoms with Crippen LogP contribution in [0.1, 0.15) is 26.3 Å². The van der Waals surface area contributed by atoms with Crippen LogP contribution in [-0.2, 0) is 6.42 Å². The maximum atomic E-state index is 13.2. The van der Waals surface area contributed by atoms with Crippen LogP contribution >= 0.6 is 24.0 Å². The minimum atomic E-state index is -0.187. The van der Waals surface area contributed by atoms with E-state index in [1.807, 2.05) is 6.07 Å². The van der Waals surface area contributed by atoms with Gasteiger partial charge in [0.25, 0.3) is 0 Å². The molecule has 138 valence electrons. The van der Waals surface area contributed by atoms with Crippen LogP contribution in [0.5, 0.6) is 0 Å². The van der Waals surface area contributed by atoms with Gasteiger partial charge in [0, 0.05) is 26.2 Å². The first-order valence-corrected chi connectivity index (χ1v) is 8.24. The predicted molar refractivity (Wildman–Crippen MR) is 112 cm³/mol. The number of nitrogens with one attached hydrogen (secondary N) is 2. The van der Waals surface area contributed by atoms with Crippen molar-refractivity contribution in [3.8, 4) is 0 Å². The van der Waals surface area contributed by atoms with E-state index in [1.54, 1.807) is 12.1 Å². The average molecular weight is 450 g/mol. The van der Waals surface area contributed by atoms with Crippen molar-refractivity contribution in [3.63, 3.8) is 0 Å². The lowest BCUT2D eigenvalue weighted by molar-refractivity contribution is 0.248. The highest BCUT2D eigenvalue weighted by Gasteiger charge is 2.18. The molecule has 0 aliphatic rings. The van der Waals surface area contributed by atoms with Crippen LogP contribution in [0, 0.1) is 11.2 Å². The maximum Gasteiger partial charge on any atom is 0.191 e. The Labute approximate surface area is 163 Å². The zero-order chi connectivity index (χ0) is 17.3. The molecule has 2 N–H and O–H groups in total. The maximum absolute atomic E-state index is 13.2. The van der Waals surface area contributed by atoms with E-state index in [-0.39, 0.29) is 35.2 Å². The van der Waals surface area contributed by atoms with E-state index in [0.717, 1.165) is 44.1 Å². The number of aliphatic imine (C=N–C) groups is 1. The van der Waals surface area contributed by atoms with E-state index < -0.39 is 0 Å². The number of nitrogens with zero attached hydrogens (tertiary/aromatic N) is 2. The lowest BCUT2D eigenvalue weighted by atomic mass is 9.93. The second kappa shape index (κ2) is 11.6. The minimum absolute atomic E-state index is 0. The molecule has 0 heterocycles. The zero-order valence-electron chi connectivity index (χ0n) is 15.5. The minimum Gasteiger partial charge on any atom is -0.357 e. The number of hydrogen-bond acceptors (Lipinski definition) is 2. The number of rotatable bonds is 8. The van der Waals surface area contributed by atoms with E-state index >= 15 is 0 Å². The monoisotopic (exact) mass is 450 g/mol. The quantitative estimate of drug-likeness (QED) is 0.363. The highest BCUT2D eigenvalue weighted by Crippen LogP contribution is 2.15. The molecule has 1 aromatic rings. The molecule has 0 aliphatic heterocycles. The molecule has 0 atom stereocenters. The SMILES string of the molecule is CCNC(=NCC(C)(C)CN(C)C)NCCc1cccc(F)c1.I. The van der Waals surface area contributed by atoms with Crippen molar-refractivity contribution in [2.24, 2.45) is 10.4 Å². The molecule has 0 aromatic heterocycles. The highest BCUT2D eigenvalue weighted by molar-refractivity contribution is 14.0. The molecule has 1 rings (SSSR count). The summed E-state index contributed by atoms with van der Waals surface area (Å²) >= 11 is 0. The summed E-state index contributed by atoms with van der Waals surface area (Å²) in [4.78, 5) is 6.86. The molecule has 0 fully saturated rings. The first-order valence-electron chi connectivity index (χ1n) is 8.24. The van der Waals surface area contributed by atoms with Crippen molar-refractivity contribution < 1.29 is 4.39 Å². The first-order chi connectivity index (χ1) is 10.8. The number of guanidine groups is 1. The Kier molecular flexibility index (Phi) is 11.2. The Hall–Kier alpha value is -0.890. The van der Waals surface area contributed by atoms with Gasteiger partial charge in [0.15, 0.2) is 5.96 Å². The van der Waals surface area contributed by atoms with Gasteiger partial charge in [-0.2, -0.15) is 0 Å². The molecule has 24 heavy (non-hydrogen) atoms. The normalized spacial score (nSPS) is 12.0. The van der Waals surface area contributed by atoms with Crippen LogP contribution in [0.25, 0.3) is 0 Å². The lowest BCUT2D eigenvalue weighted by Crippen LogP contribution is -2.40. The standard InChI is InChI=1S/C18H31FN4.HI/c1-6-20-17(22-13-18(2,3)14-23(4)5)21-11-10-15-8-7-9-16(19)12-15;/h7-9,12H,6,10-11,13-14H2,1-5H3,(H2,20,21,22);1H. The Bertz CT molecular complexity index is 504. The molecular weight excluding hydrogens is 418 g/mol. The number of benzene rings is 1. The zero-order valence-corrected chi connectivity index (χ0v) is 17.9. The molecule has 0 amide bonds. The van der Waals surface area contributed by atoms with Crippen molar-refractivity contribution in [2.45, 2.75) is 27.2 Å². The molecule has 0 unspecified atom stereocenters. The largest absolute Gasteiger partial charge is 0.357 e. The van der Waals surface area contributed by atoms with Crippen molar-refractivity contribution in [2.75, 3.05) is 40.3 Å². The van der Waals surface area contributed by atoms with Crippen LogP contribution in [0.3, 0.4) is 0 Å². The number of hydrogen-bond donors (Lipinski definition) is 2. The summed E-state index contributed by atoms with van der Waals surface area (Å²) < 4.78 is 13.2. The van der Waals surface area contributed by atoms with Gasteiger partial charge in [-0.05, 0) is 50.6 Å². The van der Waals surface area contributed by atoms with E-state index in [4.69, 9.17) is 0 Å². The third-order valence-electron chi connectivity index (χ3n) is 3.35. The van der Waals surface area contributed by atoms with Gasteiger partial charge >= 0.3 is 0 Å². The van der Waals surface area contributed by atoms with Gasteiger partial charge in [-0.3, -0.25) is 4.99 Å². The fourth-order valence-electron chi connectivity index (χ4n) is 2.56. The summed E-state index contributed by atoms with van der Waals surface area (Å²) in [6.45, 7) is 9.76.